The first-order valence-electron chi connectivity index (χ1n) is 9.44. The van der Waals surface area contributed by atoms with Crippen LogP contribution < -0.4 is 0 Å². The number of ether oxygens (including phenoxy) is 1. The van der Waals surface area contributed by atoms with Crippen LogP contribution in [-0.4, -0.2) is 38.9 Å². The minimum absolute atomic E-state index is 0.00377. The molecule has 0 spiro atoms. The van der Waals surface area contributed by atoms with Crippen molar-refractivity contribution in [3.05, 3.63) is 59.4 Å². The number of nitrogens with zero attached hydrogens (tertiary/aromatic N) is 3. The summed E-state index contributed by atoms with van der Waals surface area (Å²) < 4.78 is 6.83. The summed E-state index contributed by atoms with van der Waals surface area (Å²) in [5, 5.41) is 0.893. The number of benzene rings is 2. The van der Waals surface area contributed by atoms with Crippen LogP contribution in [0.3, 0.4) is 0 Å². The van der Waals surface area contributed by atoms with E-state index in [2.05, 4.69) is 15.0 Å². The maximum atomic E-state index is 12.7. The van der Waals surface area contributed by atoms with Crippen molar-refractivity contribution in [3.8, 4) is 0 Å². The molecule has 0 radical (unpaired) electrons. The summed E-state index contributed by atoms with van der Waals surface area (Å²) >= 11 is 1.60. The maximum Gasteiger partial charge on any atom is 0.249 e. The van der Waals surface area contributed by atoms with Crippen molar-refractivity contribution in [2.75, 3.05) is 13.2 Å². The molecular formula is C21H20N4O2S. The zero-order valence-electron chi connectivity index (χ0n) is 15.3. The molecule has 7 heteroatoms. The van der Waals surface area contributed by atoms with Crippen molar-refractivity contribution in [1.82, 2.24) is 19.9 Å². The Labute approximate surface area is 166 Å². The highest BCUT2D eigenvalue weighted by atomic mass is 32.1. The predicted molar refractivity (Wildman–Crippen MR) is 109 cm³/mol. The van der Waals surface area contributed by atoms with Crippen molar-refractivity contribution >= 4 is 38.5 Å². The van der Waals surface area contributed by atoms with E-state index in [4.69, 9.17) is 4.74 Å². The number of para-hydroxylation sites is 3. The lowest BCUT2D eigenvalue weighted by molar-refractivity contribution is -0.137. The Hall–Kier alpha value is -2.77. The minimum atomic E-state index is -0.00838. The lowest BCUT2D eigenvalue weighted by atomic mass is 10.2. The fraction of sp³-hybridized carbons (Fsp3) is 0.286. The van der Waals surface area contributed by atoms with Crippen LogP contribution in [0, 0.1) is 0 Å². The average molecular weight is 392 g/mol. The fourth-order valence-electron chi connectivity index (χ4n) is 3.77. The Morgan fingerprint density at radius 1 is 1.14 bits per heavy atom. The van der Waals surface area contributed by atoms with Crippen molar-refractivity contribution in [2.45, 2.75) is 25.5 Å². The first-order chi connectivity index (χ1) is 13.8. The monoisotopic (exact) mass is 392 g/mol. The van der Waals surface area contributed by atoms with Crippen molar-refractivity contribution in [2.24, 2.45) is 0 Å². The van der Waals surface area contributed by atoms with E-state index in [1.54, 1.807) is 11.3 Å². The molecule has 28 heavy (non-hydrogen) atoms. The number of likely N-dealkylation sites (tertiary alicyclic amines) is 1. The van der Waals surface area contributed by atoms with E-state index in [1.165, 1.54) is 0 Å². The molecule has 2 aromatic carbocycles. The van der Waals surface area contributed by atoms with Crippen molar-refractivity contribution < 1.29 is 9.53 Å². The molecule has 0 aliphatic carbocycles. The van der Waals surface area contributed by atoms with Crippen molar-refractivity contribution in [1.29, 1.82) is 0 Å². The SMILES string of the molecule is O=C(COCc1nc2ccccc2s1)N1CCCC1c1nc2ccccc2[nH]1. The van der Waals surface area contributed by atoms with Crippen LogP contribution in [0.5, 0.6) is 0 Å². The van der Waals surface area contributed by atoms with E-state index >= 15 is 0 Å². The summed E-state index contributed by atoms with van der Waals surface area (Å²) in [6.45, 7) is 1.16. The number of imidazole rings is 1. The van der Waals surface area contributed by atoms with Crippen LogP contribution in [0.1, 0.15) is 29.7 Å². The number of thiazole rings is 1. The van der Waals surface area contributed by atoms with Gasteiger partial charge in [0.05, 0.1) is 33.9 Å². The van der Waals surface area contributed by atoms with E-state index in [1.807, 2.05) is 53.4 Å². The number of carbonyl (C=O) groups excluding carboxylic acids is 1. The van der Waals surface area contributed by atoms with Gasteiger partial charge in [-0.3, -0.25) is 4.79 Å². The smallest absolute Gasteiger partial charge is 0.249 e. The van der Waals surface area contributed by atoms with Gasteiger partial charge in [0.25, 0.3) is 0 Å². The fourth-order valence-corrected chi connectivity index (χ4v) is 4.68. The summed E-state index contributed by atoms with van der Waals surface area (Å²) in [7, 11) is 0. The summed E-state index contributed by atoms with van der Waals surface area (Å²) in [6, 6.07) is 15.9. The van der Waals surface area contributed by atoms with Gasteiger partial charge in [0.1, 0.15) is 17.4 Å². The lowest BCUT2D eigenvalue weighted by Crippen LogP contribution is -2.34. The normalized spacial score (nSPS) is 17.0. The summed E-state index contributed by atoms with van der Waals surface area (Å²) in [5.41, 5.74) is 2.91. The summed E-state index contributed by atoms with van der Waals surface area (Å²) in [6.07, 6.45) is 1.90. The number of aromatic nitrogens is 3. The second kappa shape index (κ2) is 7.33. The van der Waals surface area contributed by atoms with E-state index < -0.39 is 0 Å². The molecule has 1 saturated heterocycles. The number of aromatic amines is 1. The summed E-state index contributed by atoms with van der Waals surface area (Å²) in [5.74, 6) is 0.863. The zero-order valence-corrected chi connectivity index (χ0v) is 16.1. The van der Waals surface area contributed by atoms with Gasteiger partial charge in [-0.25, -0.2) is 9.97 Å². The highest BCUT2D eigenvalue weighted by Gasteiger charge is 2.32. The molecule has 4 aromatic rings. The molecule has 2 aromatic heterocycles. The van der Waals surface area contributed by atoms with Crippen LogP contribution in [0.2, 0.25) is 0 Å². The lowest BCUT2D eigenvalue weighted by Gasteiger charge is -2.23. The van der Waals surface area contributed by atoms with Gasteiger partial charge in [-0.15, -0.1) is 11.3 Å². The minimum Gasteiger partial charge on any atom is -0.364 e. The van der Waals surface area contributed by atoms with Crippen LogP contribution >= 0.6 is 11.3 Å². The number of rotatable bonds is 5. The Kier molecular flexibility index (Phi) is 4.54. The molecule has 1 atom stereocenters. The number of hydrogen-bond acceptors (Lipinski definition) is 5. The van der Waals surface area contributed by atoms with E-state index in [0.717, 1.165) is 51.5 Å². The third-order valence-corrected chi connectivity index (χ3v) is 6.10. The summed E-state index contributed by atoms with van der Waals surface area (Å²) in [4.78, 5) is 27.2. The molecular weight excluding hydrogens is 372 g/mol. The Morgan fingerprint density at radius 2 is 1.96 bits per heavy atom. The van der Waals surface area contributed by atoms with Crippen LogP contribution in [0.15, 0.2) is 48.5 Å². The topological polar surface area (TPSA) is 71.1 Å². The van der Waals surface area contributed by atoms with Gasteiger partial charge in [-0.05, 0) is 37.1 Å². The zero-order chi connectivity index (χ0) is 18.9. The third kappa shape index (κ3) is 3.27. The van der Waals surface area contributed by atoms with Gasteiger partial charge in [0, 0.05) is 6.54 Å². The quantitative estimate of drug-likeness (QED) is 0.556. The maximum absolute atomic E-state index is 12.7. The van der Waals surface area contributed by atoms with Crippen LogP contribution in [-0.2, 0) is 16.1 Å². The molecule has 1 unspecified atom stereocenters. The number of fused-ring (bicyclic) bond motifs is 2. The first-order valence-corrected chi connectivity index (χ1v) is 10.3. The first kappa shape index (κ1) is 17.3. The second-order valence-corrected chi connectivity index (χ2v) is 8.07. The van der Waals surface area contributed by atoms with E-state index in [9.17, 15) is 4.79 Å². The molecule has 6 nitrogen and oxygen atoms in total. The van der Waals surface area contributed by atoms with Gasteiger partial charge >= 0.3 is 0 Å². The van der Waals surface area contributed by atoms with Crippen LogP contribution in [0.25, 0.3) is 21.3 Å². The highest BCUT2D eigenvalue weighted by molar-refractivity contribution is 7.18. The predicted octanol–water partition coefficient (Wildman–Crippen LogP) is 4.05. The van der Waals surface area contributed by atoms with Crippen molar-refractivity contribution in [3.63, 3.8) is 0 Å². The number of amides is 1. The van der Waals surface area contributed by atoms with Gasteiger partial charge < -0.3 is 14.6 Å². The molecule has 1 fully saturated rings. The molecule has 5 rings (SSSR count). The number of hydrogen-bond donors (Lipinski definition) is 1. The van der Waals surface area contributed by atoms with Gasteiger partial charge in [0.15, 0.2) is 0 Å². The number of H-pyrrole nitrogens is 1. The Balaban J connectivity index is 1.24. The molecule has 3 heterocycles. The molecule has 0 bridgehead atoms. The molecule has 0 saturated carbocycles. The van der Waals surface area contributed by atoms with E-state index in [0.29, 0.717) is 6.61 Å². The van der Waals surface area contributed by atoms with Gasteiger partial charge in [-0.1, -0.05) is 24.3 Å². The second-order valence-electron chi connectivity index (χ2n) is 6.95. The number of carbonyl (C=O) groups is 1. The Morgan fingerprint density at radius 3 is 2.82 bits per heavy atom. The average Bonchev–Trinajstić information content (AvgIpc) is 3.43. The highest BCUT2D eigenvalue weighted by Crippen LogP contribution is 2.31. The van der Waals surface area contributed by atoms with Gasteiger partial charge in [0.2, 0.25) is 5.91 Å². The largest absolute Gasteiger partial charge is 0.364 e. The third-order valence-electron chi connectivity index (χ3n) is 5.09. The van der Waals surface area contributed by atoms with Crippen LogP contribution in [0.4, 0.5) is 0 Å². The molecule has 1 aliphatic rings. The Bertz CT molecular complexity index is 1070. The molecule has 1 N–H and O–H groups in total. The molecule has 1 amide bonds. The molecule has 1 aliphatic heterocycles. The number of nitrogens with one attached hydrogen (secondary N) is 1. The standard InChI is InChI=1S/C21H20N4O2S/c26-20(13-27-12-19-22-16-8-3-4-10-18(16)28-19)25-11-5-9-17(25)21-23-14-6-1-2-7-15(14)24-21/h1-4,6-8,10,17H,5,9,11-13H2,(H,23,24). The van der Waals surface area contributed by atoms with E-state index in [-0.39, 0.29) is 18.6 Å². The van der Waals surface area contributed by atoms with Gasteiger partial charge in [-0.2, -0.15) is 0 Å². The molecule has 142 valence electrons.